The van der Waals surface area contributed by atoms with Gasteiger partial charge in [-0.25, -0.2) is 4.57 Å². The first-order valence-electron chi connectivity index (χ1n) is 2.91. The SMILES string of the molecule is COP(=O)(OC)SCCC#N. The molecule has 0 fully saturated rings. The van der Waals surface area contributed by atoms with Crippen molar-refractivity contribution < 1.29 is 13.6 Å². The van der Waals surface area contributed by atoms with Crippen LogP contribution < -0.4 is 0 Å². The highest BCUT2D eigenvalue weighted by Crippen LogP contribution is 2.59. The van der Waals surface area contributed by atoms with Crippen LogP contribution in [0.1, 0.15) is 6.42 Å². The Morgan fingerprint density at radius 3 is 2.45 bits per heavy atom. The third-order valence-electron chi connectivity index (χ3n) is 0.910. The Bertz CT molecular complexity index is 183. The Labute approximate surface area is 70.2 Å². The van der Waals surface area contributed by atoms with Crippen molar-refractivity contribution in [1.29, 1.82) is 5.26 Å². The molecule has 0 rings (SSSR count). The van der Waals surface area contributed by atoms with E-state index in [0.717, 1.165) is 11.4 Å². The minimum Gasteiger partial charge on any atom is -0.304 e. The summed E-state index contributed by atoms with van der Waals surface area (Å²) >= 11 is 1.04. The monoisotopic (exact) mass is 195 g/mol. The summed E-state index contributed by atoms with van der Waals surface area (Å²) in [5.41, 5.74) is 0. The maximum atomic E-state index is 11.2. The predicted molar refractivity (Wildman–Crippen MR) is 44.3 cm³/mol. The molecule has 0 aromatic heterocycles. The molecule has 0 aliphatic heterocycles. The Kier molecular flexibility index (Phi) is 5.61. The van der Waals surface area contributed by atoms with Crippen LogP contribution in [0, 0.1) is 11.3 Å². The molecule has 11 heavy (non-hydrogen) atoms. The van der Waals surface area contributed by atoms with Crippen molar-refractivity contribution in [2.45, 2.75) is 6.42 Å². The van der Waals surface area contributed by atoms with Gasteiger partial charge in [-0.05, 0) is 11.4 Å². The van der Waals surface area contributed by atoms with Gasteiger partial charge in [0.15, 0.2) is 0 Å². The van der Waals surface area contributed by atoms with Gasteiger partial charge in [-0.15, -0.1) is 0 Å². The topological polar surface area (TPSA) is 59.3 Å². The van der Waals surface area contributed by atoms with E-state index < -0.39 is 6.80 Å². The molecule has 0 bridgehead atoms. The Morgan fingerprint density at radius 1 is 1.55 bits per heavy atom. The number of nitriles is 1. The largest absolute Gasteiger partial charge is 0.388 e. The minimum absolute atomic E-state index is 0.349. The summed E-state index contributed by atoms with van der Waals surface area (Å²) in [6.45, 7) is -2.95. The minimum atomic E-state index is -2.95. The number of rotatable bonds is 5. The van der Waals surface area contributed by atoms with Crippen molar-refractivity contribution >= 4 is 18.2 Å². The Balaban J connectivity index is 3.72. The smallest absolute Gasteiger partial charge is 0.304 e. The van der Waals surface area contributed by atoms with Gasteiger partial charge in [0, 0.05) is 26.4 Å². The summed E-state index contributed by atoms with van der Waals surface area (Å²) in [6.07, 6.45) is 0.349. The predicted octanol–water partition coefficient (Wildman–Crippen LogP) is 2.03. The highest BCUT2D eigenvalue weighted by Gasteiger charge is 2.20. The summed E-state index contributed by atoms with van der Waals surface area (Å²) in [7, 11) is 2.65. The third kappa shape index (κ3) is 4.44. The quantitative estimate of drug-likeness (QED) is 0.496. The highest BCUT2D eigenvalue weighted by atomic mass is 32.7. The lowest BCUT2D eigenvalue weighted by Crippen LogP contribution is -1.85. The van der Waals surface area contributed by atoms with E-state index in [1.807, 2.05) is 6.07 Å². The lowest BCUT2D eigenvalue weighted by atomic mass is 10.6. The molecule has 0 saturated heterocycles. The van der Waals surface area contributed by atoms with Gasteiger partial charge >= 0.3 is 6.80 Å². The zero-order valence-corrected chi connectivity index (χ0v) is 8.15. The molecule has 0 radical (unpaired) electrons. The van der Waals surface area contributed by atoms with Crippen LogP contribution >= 0.6 is 18.2 Å². The van der Waals surface area contributed by atoms with E-state index in [1.165, 1.54) is 14.2 Å². The molecule has 0 heterocycles. The molecular formula is C5H10NO3PS. The first-order valence-corrected chi connectivity index (χ1v) is 6.05. The van der Waals surface area contributed by atoms with Gasteiger partial charge in [-0.2, -0.15) is 5.26 Å². The summed E-state index contributed by atoms with van der Waals surface area (Å²) in [6, 6.07) is 1.94. The normalized spacial score (nSPS) is 11.0. The fourth-order valence-corrected chi connectivity index (χ4v) is 2.73. The molecule has 0 unspecified atom stereocenters. The van der Waals surface area contributed by atoms with Gasteiger partial charge in [0.1, 0.15) is 0 Å². The van der Waals surface area contributed by atoms with E-state index in [4.69, 9.17) is 5.26 Å². The average molecular weight is 195 g/mol. The summed E-state index contributed by atoms with van der Waals surface area (Å²) in [5.74, 6) is 0.468. The Morgan fingerprint density at radius 2 is 2.09 bits per heavy atom. The molecule has 0 spiro atoms. The van der Waals surface area contributed by atoms with Crippen LogP contribution in [0.5, 0.6) is 0 Å². The van der Waals surface area contributed by atoms with Gasteiger partial charge in [0.05, 0.1) is 6.07 Å². The zero-order valence-electron chi connectivity index (χ0n) is 6.44. The van der Waals surface area contributed by atoms with E-state index in [2.05, 4.69) is 9.05 Å². The lowest BCUT2D eigenvalue weighted by Gasteiger charge is -2.10. The van der Waals surface area contributed by atoms with E-state index in [-0.39, 0.29) is 0 Å². The summed E-state index contributed by atoms with van der Waals surface area (Å²) < 4.78 is 20.5. The number of nitrogens with zero attached hydrogens (tertiary/aromatic N) is 1. The standard InChI is InChI=1S/C5H10NO3PS/c1-8-10(7,9-2)11-5-3-4-6/h3,5H2,1-2H3. The second kappa shape index (κ2) is 5.62. The van der Waals surface area contributed by atoms with Crippen molar-refractivity contribution in [2.24, 2.45) is 0 Å². The molecule has 6 heteroatoms. The molecule has 0 aromatic rings. The Hall–Kier alpha value is -0.01000. The van der Waals surface area contributed by atoms with E-state index in [1.54, 1.807) is 0 Å². The molecule has 0 aliphatic carbocycles. The van der Waals surface area contributed by atoms with Crippen LogP contribution in [-0.4, -0.2) is 20.0 Å². The first kappa shape index (κ1) is 11.0. The van der Waals surface area contributed by atoms with E-state index in [9.17, 15) is 4.57 Å². The summed E-state index contributed by atoms with van der Waals surface area (Å²) in [4.78, 5) is 0. The van der Waals surface area contributed by atoms with Gasteiger partial charge in [0.2, 0.25) is 0 Å². The van der Waals surface area contributed by atoms with Crippen LogP contribution in [-0.2, 0) is 13.6 Å². The van der Waals surface area contributed by atoms with Crippen LogP contribution in [0.2, 0.25) is 0 Å². The highest BCUT2D eigenvalue weighted by molar-refractivity contribution is 8.55. The van der Waals surface area contributed by atoms with Gasteiger partial charge in [0.25, 0.3) is 0 Å². The number of hydrogen-bond donors (Lipinski definition) is 0. The van der Waals surface area contributed by atoms with Crippen molar-refractivity contribution in [3.63, 3.8) is 0 Å². The van der Waals surface area contributed by atoms with Crippen molar-refractivity contribution in [2.75, 3.05) is 20.0 Å². The van der Waals surface area contributed by atoms with Crippen LogP contribution in [0.4, 0.5) is 0 Å². The maximum Gasteiger partial charge on any atom is 0.388 e. The maximum absolute atomic E-state index is 11.2. The summed E-state index contributed by atoms with van der Waals surface area (Å²) in [5, 5.41) is 8.17. The van der Waals surface area contributed by atoms with Crippen LogP contribution in [0.25, 0.3) is 0 Å². The second-order valence-corrected chi connectivity index (χ2v) is 5.96. The van der Waals surface area contributed by atoms with Crippen molar-refractivity contribution in [3.8, 4) is 6.07 Å². The fraction of sp³-hybridized carbons (Fsp3) is 0.800. The average Bonchev–Trinajstić information content (AvgIpc) is 2.05. The molecule has 0 atom stereocenters. The lowest BCUT2D eigenvalue weighted by molar-refractivity contribution is 0.295. The third-order valence-corrected chi connectivity index (χ3v) is 4.90. The molecule has 0 saturated carbocycles. The van der Waals surface area contributed by atoms with Gasteiger partial charge in [-0.1, -0.05) is 0 Å². The molecule has 0 aromatic carbocycles. The fourth-order valence-electron chi connectivity index (χ4n) is 0.383. The molecular weight excluding hydrogens is 185 g/mol. The van der Waals surface area contributed by atoms with Crippen LogP contribution in [0.15, 0.2) is 0 Å². The number of hydrogen-bond acceptors (Lipinski definition) is 5. The first-order chi connectivity index (χ1) is 5.18. The molecule has 4 nitrogen and oxygen atoms in total. The van der Waals surface area contributed by atoms with Gasteiger partial charge in [-0.3, -0.25) is 0 Å². The second-order valence-electron chi connectivity index (χ2n) is 1.55. The van der Waals surface area contributed by atoms with E-state index in [0.29, 0.717) is 12.2 Å². The molecule has 0 amide bonds. The van der Waals surface area contributed by atoms with E-state index >= 15 is 0 Å². The van der Waals surface area contributed by atoms with Crippen molar-refractivity contribution in [3.05, 3.63) is 0 Å². The molecule has 64 valence electrons. The molecule has 0 aliphatic rings. The van der Waals surface area contributed by atoms with Crippen LogP contribution in [0.3, 0.4) is 0 Å². The van der Waals surface area contributed by atoms with Gasteiger partial charge < -0.3 is 9.05 Å². The van der Waals surface area contributed by atoms with Crippen molar-refractivity contribution in [1.82, 2.24) is 0 Å². The zero-order chi connectivity index (χ0) is 8.74. The molecule has 0 N–H and O–H groups in total.